The van der Waals surface area contributed by atoms with Crippen molar-refractivity contribution in [2.75, 3.05) is 12.9 Å². The Morgan fingerprint density at radius 2 is 2.00 bits per heavy atom. The average Bonchev–Trinajstić information content (AvgIpc) is 3.06. The fraction of sp³-hybridized carbons (Fsp3) is 0.500. The lowest BCUT2D eigenvalue weighted by Gasteiger charge is -2.37. The Labute approximate surface area is 187 Å². The predicted octanol–water partition coefficient (Wildman–Crippen LogP) is 0.791. The summed E-state index contributed by atoms with van der Waals surface area (Å²) in [5.41, 5.74) is 0.509. The molecule has 0 bridgehead atoms. The second kappa shape index (κ2) is 9.98. The zero-order valence-electron chi connectivity index (χ0n) is 17.5. The minimum atomic E-state index is -0.872. The molecule has 1 aromatic rings. The first-order valence-corrected chi connectivity index (χ1v) is 10.9. The quantitative estimate of drug-likeness (QED) is 0.242. The van der Waals surface area contributed by atoms with Crippen LogP contribution in [0.5, 0.6) is 0 Å². The van der Waals surface area contributed by atoms with Gasteiger partial charge in [-0.3, -0.25) is 19.7 Å². The molecule has 2 aliphatic rings. The van der Waals surface area contributed by atoms with E-state index in [0.717, 1.165) is 0 Å². The van der Waals surface area contributed by atoms with Gasteiger partial charge in [0.1, 0.15) is 18.7 Å². The lowest BCUT2D eigenvalue weighted by Crippen LogP contribution is -2.55. The molecule has 1 N–H and O–H groups in total. The first kappa shape index (κ1) is 23.5. The number of benzene rings is 1. The summed E-state index contributed by atoms with van der Waals surface area (Å²) < 4.78 is 10.1. The van der Waals surface area contributed by atoms with Gasteiger partial charge >= 0.3 is 11.9 Å². The molecule has 2 saturated heterocycles. The van der Waals surface area contributed by atoms with Crippen LogP contribution in [0.4, 0.5) is 5.69 Å². The number of non-ortho nitro benzene ring substituents is 1. The number of carbonyl (C=O) groups excluding carboxylic acids is 4. The summed E-state index contributed by atoms with van der Waals surface area (Å²) in [6, 6.07) is 3.90. The molecule has 172 valence electrons. The molecule has 2 aliphatic heterocycles. The Balaban J connectivity index is 1.64. The van der Waals surface area contributed by atoms with E-state index in [-0.39, 0.29) is 41.2 Å². The van der Waals surface area contributed by atoms with Crippen molar-refractivity contribution in [1.82, 2.24) is 10.2 Å². The molecule has 11 nitrogen and oxygen atoms in total. The zero-order chi connectivity index (χ0) is 23.4. The molecular weight excluding hydrogens is 442 g/mol. The third kappa shape index (κ3) is 5.18. The van der Waals surface area contributed by atoms with E-state index in [1.54, 1.807) is 0 Å². The third-order valence-electron chi connectivity index (χ3n) is 5.36. The van der Waals surface area contributed by atoms with E-state index in [9.17, 15) is 29.3 Å². The Morgan fingerprint density at radius 1 is 1.31 bits per heavy atom. The molecule has 4 unspecified atom stereocenters. The van der Waals surface area contributed by atoms with Crippen LogP contribution in [0.15, 0.2) is 24.3 Å². The third-order valence-corrected chi connectivity index (χ3v) is 6.76. The molecule has 1 aromatic carbocycles. The molecule has 32 heavy (non-hydrogen) atoms. The van der Waals surface area contributed by atoms with Crippen LogP contribution in [0.3, 0.4) is 0 Å². The van der Waals surface area contributed by atoms with Crippen LogP contribution >= 0.6 is 11.8 Å². The summed E-state index contributed by atoms with van der Waals surface area (Å²) in [5.74, 6) is -1.52. The maximum absolute atomic E-state index is 12.9. The Morgan fingerprint density at radius 3 is 2.56 bits per heavy atom. The van der Waals surface area contributed by atoms with Crippen LogP contribution in [-0.4, -0.2) is 69.8 Å². The van der Waals surface area contributed by atoms with Gasteiger partial charge in [0, 0.05) is 42.5 Å². The van der Waals surface area contributed by atoms with E-state index in [1.807, 2.05) is 0 Å². The molecule has 2 fully saturated rings. The first-order chi connectivity index (χ1) is 15.2. The van der Waals surface area contributed by atoms with Crippen molar-refractivity contribution in [3.63, 3.8) is 0 Å². The summed E-state index contributed by atoms with van der Waals surface area (Å²) in [6.45, 7) is 1.20. The van der Waals surface area contributed by atoms with Crippen LogP contribution in [0.2, 0.25) is 0 Å². The zero-order valence-corrected chi connectivity index (χ0v) is 18.3. The van der Waals surface area contributed by atoms with E-state index >= 15 is 0 Å². The number of β-lactam (4-membered cyclic amide) rings is 1. The van der Waals surface area contributed by atoms with E-state index in [4.69, 9.17) is 9.47 Å². The number of carbonyl (C=O) groups is 4. The Bertz CT molecular complexity index is 922. The normalized spacial score (nSPS) is 22.4. The number of rotatable bonds is 9. The van der Waals surface area contributed by atoms with Gasteiger partial charge in [0.2, 0.25) is 11.8 Å². The van der Waals surface area contributed by atoms with Gasteiger partial charge in [0.25, 0.3) is 5.69 Å². The Kier molecular flexibility index (Phi) is 7.33. The number of hydrogen-bond donors (Lipinski definition) is 1. The fourth-order valence-electron chi connectivity index (χ4n) is 3.81. The van der Waals surface area contributed by atoms with Crippen molar-refractivity contribution in [3.8, 4) is 0 Å². The molecule has 0 aromatic heterocycles. The summed E-state index contributed by atoms with van der Waals surface area (Å²) in [5, 5.41) is 13.0. The molecule has 0 saturated carbocycles. The predicted molar refractivity (Wildman–Crippen MR) is 112 cm³/mol. The number of fused-ring (bicyclic) bond motifs is 1. The number of nitrogens with zero attached hydrogens (tertiary/aromatic N) is 2. The summed E-state index contributed by atoms with van der Waals surface area (Å²) >= 11 is 1.31. The van der Waals surface area contributed by atoms with Crippen LogP contribution in [0.25, 0.3) is 0 Å². The van der Waals surface area contributed by atoms with Crippen molar-refractivity contribution < 1.29 is 33.6 Å². The lowest BCUT2D eigenvalue weighted by molar-refractivity contribution is -0.384. The Hall–Kier alpha value is -3.15. The van der Waals surface area contributed by atoms with Crippen LogP contribution in [0.1, 0.15) is 25.3 Å². The number of amides is 2. The van der Waals surface area contributed by atoms with Crippen molar-refractivity contribution in [2.45, 2.75) is 49.7 Å². The van der Waals surface area contributed by atoms with Gasteiger partial charge in [-0.25, -0.2) is 9.59 Å². The molecule has 3 rings (SSSR count). The highest BCUT2D eigenvalue weighted by atomic mass is 32.2. The van der Waals surface area contributed by atoms with Crippen molar-refractivity contribution >= 4 is 41.2 Å². The first-order valence-electron chi connectivity index (χ1n) is 9.89. The minimum Gasteiger partial charge on any atom is -0.467 e. The monoisotopic (exact) mass is 465 g/mol. The number of ether oxygens (including phenoxy) is 2. The number of hydrogen-bond acceptors (Lipinski definition) is 9. The molecule has 4 atom stereocenters. The van der Waals surface area contributed by atoms with Crippen LogP contribution in [0, 0.1) is 10.1 Å². The summed E-state index contributed by atoms with van der Waals surface area (Å²) in [6.07, 6.45) is 0.928. The van der Waals surface area contributed by atoms with Crippen molar-refractivity contribution in [2.24, 2.45) is 0 Å². The van der Waals surface area contributed by atoms with Gasteiger partial charge in [-0.1, -0.05) is 0 Å². The van der Waals surface area contributed by atoms with E-state index in [2.05, 4.69) is 5.32 Å². The second-order valence-corrected chi connectivity index (χ2v) is 8.79. The lowest BCUT2D eigenvalue weighted by atomic mass is 10.0. The van der Waals surface area contributed by atoms with Gasteiger partial charge in [0.15, 0.2) is 0 Å². The molecule has 0 radical (unpaired) electrons. The molecular formula is C20H23N3O8S. The number of nitrogens with one attached hydrogen (secondary N) is 1. The second-order valence-electron chi connectivity index (χ2n) is 7.52. The highest BCUT2D eigenvalue weighted by Crippen LogP contribution is 2.41. The van der Waals surface area contributed by atoms with Gasteiger partial charge in [0.05, 0.1) is 12.0 Å². The molecule has 2 amide bonds. The summed E-state index contributed by atoms with van der Waals surface area (Å²) in [7, 11) is 1.22. The smallest absolute Gasteiger partial charge is 0.330 e. The number of nitro groups is 1. The van der Waals surface area contributed by atoms with Crippen LogP contribution < -0.4 is 5.32 Å². The number of nitro benzene ring substituents is 1. The largest absolute Gasteiger partial charge is 0.467 e. The van der Waals surface area contributed by atoms with Gasteiger partial charge in [-0.05, 0) is 24.1 Å². The van der Waals surface area contributed by atoms with Crippen molar-refractivity contribution in [3.05, 3.63) is 39.9 Å². The maximum atomic E-state index is 12.9. The molecule has 0 aliphatic carbocycles. The topological polar surface area (TPSA) is 145 Å². The SMILES string of the molecule is COC(=O)C(CSC1CC2CC(=O)N2C1C(=O)OCc1ccc([N+](=O)[O-])cc1)NC(C)=O. The van der Waals surface area contributed by atoms with E-state index in [0.29, 0.717) is 18.4 Å². The molecule has 2 heterocycles. The van der Waals surface area contributed by atoms with E-state index < -0.39 is 28.9 Å². The summed E-state index contributed by atoms with van der Waals surface area (Å²) in [4.78, 5) is 60.0. The van der Waals surface area contributed by atoms with Gasteiger partial charge in [-0.2, -0.15) is 11.8 Å². The number of esters is 2. The fourth-order valence-corrected chi connectivity index (χ4v) is 5.25. The van der Waals surface area contributed by atoms with Gasteiger partial charge in [-0.15, -0.1) is 0 Å². The highest BCUT2D eigenvalue weighted by Gasteiger charge is 2.54. The average molecular weight is 465 g/mol. The van der Waals surface area contributed by atoms with E-state index in [1.165, 1.54) is 55.0 Å². The number of methoxy groups -OCH3 is 1. The maximum Gasteiger partial charge on any atom is 0.330 e. The minimum absolute atomic E-state index is 0.0609. The molecule has 12 heteroatoms. The van der Waals surface area contributed by atoms with Crippen molar-refractivity contribution in [1.29, 1.82) is 0 Å². The van der Waals surface area contributed by atoms with Gasteiger partial charge < -0.3 is 19.7 Å². The number of thioether (sulfide) groups is 1. The molecule has 0 spiro atoms. The highest BCUT2D eigenvalue weighted by molar-refractivity contribution is 8.00. The standard InChI is InChI=1S/C20H23N3O8S/c1-11(24)21-15(19(26)30-2)10-32-16-7-14-8-17(25)22(14)18(16)20(27)31-9-12-3-5-13(6-4-12)23(28)29/h3-6,14-16,18H,7-10H2,1-2H3,(H,21,24). The van der Waals surface area contributed by atoms with Crippen LogP contribution in [-0.2, 0) is 35.3 Å².